The van der Waals surface area contributed by atoms with Gasteiger partial charge in [0.1, 0.15) is 5.75 Å². The summed E-state index contributed by atoms with van der Waals surface area (Å²) < 4.78 is 32.9. The molecule has 1 aromatic rings. The van der Waals surface area contributed by atoms with Crippen molar-refractivity contribution in [2.75, 3.05) is 11.9 Å². The molecule has 152 valence electrons. The van der Waals surface area contributed by atoms with Gasteiger partial charge in [-0.3, -0.25) is 0 Å². The molecule has 0 atom stereocenters. The van der Waals surface area contributed by atoms with Crippen LogP contribution in [0.15, 0.2) is 24.3 Å². The molecule has 0 amide bonds. The summed E-state index contributed by atoms with van der Waals surface area (Å²) in [6.45, 7) is 4.39. The first kappa shape index (κ1) is 20.5. The second-order valence-electron chi connectivity index (χ2n) is 8.36. The highest BCUT2D eigenvalue weighted by atomic mass is 32.2. The van der Waals surface area contributed by atoms with Gasteiger partial charge in [-0.15, -0.1) is 0 Å². The topological polar surface area (TPSA) is 67.4 Å². The standard InChI is InChI=1S/C21H34N2O3S/c1-16(2)27(24,25)23-19-9-7-17(8-10-19)15-22-18-11-13-21(14-12-18)26-20-5-3-4-6-20/h11-14,16-17,19-20,22-23H,3-10,15H2,1-2H3/t17-,19-. The average molecular weight is 395 g/mol. The molecule has 0 spiro atoms. The van der Waals surface area contributed by atoms with E-state index in [1.165, 1.54) is 25.7 Å². The zero-order valence-electron chi connectivity index (χ0n) is 16.6. The van der Waals surface area contributed by atoms with Crippen LogP contribution in [0.1, 0.15) is 65.2 Å². The Kier molecular flexibility index (Phi) is 7.04. The van der Waals surface area contributed by atoms with Gasteiger partial charge in [0.15, 0.2) is 0 Å². The van der Waals surface area contributed by atoms with Crippen LogP contribution < -0.4 is 14.8 Å². The van der Waals surface area contributed by atoms with Gasteiger partial charge in [0.25, 0.3) is 0 Å². The second kappa shape index (κ2) is 9.28. The summed E-state index contributed by atoms with van der Waals surface area (Å²) in [5, 5.41) is 3.16. The molecule has 6 heteroatoms. The zero-order valence-corrected chi connectivity index (χ0v) is 17.4. The van der Waals surface area contributed by atoms with Gasteiger partial charge in [-0.05, 0) is 95.4 Å². The van der Waals surface area contributed by atoms with Crippen LogP contribution in [0, 0.1) is 5.92 Å². The lowest BCUT2D eigenvalue weighted by atomic mass is 9.86. The highest BCUT2D eigenvalue weighted by Gasteiger charge is 2.26. The monoisotopic (exact) mass is 394 g/mol. The summed E-state index contributed by atoms with van der Waals surface area (Å²) in [5.41, 5.74) is 1.12. The van der Waals surface area contributed by atoms with Gasteiger partial charge >= 0.3 is 0 Å². The summed E-state index contributed by atoms with van der Waals surface area (Å²) >= 11 is 0. The Morgan fingerprint density at radius 3 is 2.22 bits per heavy atom. The van der Waals surface area contributed by atoms with Crippen molar-refractivity contribution >= 4 is 15.7 Å². The first-order valence-corrected chi connectivity index (χ1v) is 12.0. The highest BCUT2D eigenvalue weighted by Crippen LogP contribution is 2.27. The maximum atomic E-state index is 12.0. The van der Waals surface area contributed by atoms with E-state index >= 15 is 0 Å². The zero-order chi connectivity index (χ0) is 19.3. The molecule has 0 bridgehead atoms. The molecule has 2 aliphatic carbocycles. The van der Waals surface area contributed by atoms with Gasteiger partial charge in [0, 0.05) is 18.3 Å². The molecule has 0 aliphatic heterocycles. The van der Waals surface area contributed by atoms with E-state index < -0.39 is 10.0 Å². The molecule has 5 nitrogen and oxygen atoms in total. The third-order valence-electron chi connectivity index (χ3n) is 5.85. The molecular weight excluding hydrogens is 360 g/mol. The van der Waals surface area contributed by atoms with Gasteiger partial charge in [0.2, 0.25) is 10.0 Å². The van der Waals surface area contributed by atoms with Crippen molar-refractivity contribution in [1.29, 1.82) is 0 Å². The van der Waals surface area contributed by atoms with Crippen LogP contribution in [-0.4, -0.2) is 32.4 Å². The maximum absolute atomic E-state index is 12.0. The Morgan fingerprint density at radius 1 is 1.00 bits per heavy atom. The van der Waals surface area contributed by atoms with E-state index in [4.69, 9.17) is 4.74 Å². The van der Waals surface area contributed by atoms with Crippen LogP contribution in [-0.2, 0) is 10.0 Å². The summed E-state index contributed by atoms with van der Waals surface area (Å²) in [4.78, 5) is 0. The fraction of sp³-hybridized carbons (Fsp3) is 0.714. The number of hydrogen-bond acceptors (Lipinski definition) is 4. The van der Waals surface area contributed by atoms with E-state index in [9.17, 15) is 8.42 Å². The van der Waals surface area contributed by atoms with Gasteiger partial charge in [0.05, 0.1) is 11.4 Å². The Bertz CT molecular complexity index is 674. The number of ether oxygens (including phenoxy) is 1. The van der Waals surface area contributed by atoms with E-state index in [1.807, 2.05) is 0 Å². The van der Waals surface area contributed by atoms with Crippen molar-refractivity contribution in [1.82, 2.24) is 4.72 Å². The molecule has 0 radical (unpaired) electrons. The van der Waals surface area contributed by atoms with Crippen molar-refractivity contribution in [2.24, 2.45) is 5.92 Å². The number of anilines is 1. The molecule has 3 rings (SSSR count). The molecule has 1 aromatic carbocycles. The molecule has 2 aliphatic rings. The minimum absolute atomic E-state index is 0.0978. The van der Waals surface area contributed by atoms with Crippen molar-refractivity contribution in [3.8, 4) is 5.75 Å². The molecule has 2 N–H and O–H groups in total. The van der Waals surface area contributed by atoms with Crippen LogP contribution in [0.2, 0.25) is 0 Å². The number of benzene rings is 1. The average Bonchev–Trinajstić information content (AvgIpc) is 3.15. The number of sulfonamides is 1. The molecule has 0 saturated heterocycles. The second-order valence-corrected chi connectivity index (χ2v) is 10.6. The fourth-order valence-corrected chi connectivity index (χ4v) is 4.94. The first-order chi connectivity index (χ1) is 12.9. The van der Waals surface area contributed by atoms with Gasteiger partial charge in [-0.2, -0.15) is 0 Å². The Balaban J connectivity index is 1.38. The van der Waals surface area contributed by atoms with E-state index in [1.54, 1.807) is 13.8 Å². The SMILES string of the molecule is CC(C)S(=O)(=O)N[C@H]1CC[C@H](CNc2ccc(OC3CCCC3)cc2)CC1. The number of hydrogen-bond donors (Lipinski definition) is 2. The summed E-state index contributed by atoms with van der Waals surface area (Å²) in [7, 11) is -3.16. The third kappa shape index (κ3) is 6.11. The lowest BCUT2D eigenvalue weighted by Crippen LogP contribution is -2.41. The quantitative estimate of drug-likeness (QED) is 0.689. The van der Waals surface area contributed by atoms with Crippen LogP contribution in [0.25, 0.3) is 0 Å². The normalized spacial score (nSPS) is 24.3. The summed E-state index contributed by atoms with van der Waals surface area (Å²) in [6, 6.07) is 8.39. The fourth-order valence-electron chi connectivity index (χ4n) is 3.97. The van der Waals surface area contributed by atoms with Gasteiger partial charge < -0.3 is 10.1 Å². The van der Waals surface area contributed by atoms with Crippen molar-refractivity contribution in [3.05, 3.63) is 24.3 Å². The molecule has 2 fully saturated rings. The number of nitrogens with one attached hydrogen (secondary N) is 2. The van der Waals surface area contributed by atoms with Crippen LogP contribution >= 0.6 is 0 Å². The highest BCUT2D eigenvalue weighted by molar-refractivity contribution is 7.90. The summed E-state index contributed by atoms with van der Waals surface area (Å²) in [5.74, 6) is 1.56. The largest absolute Gasteiger partial charge is 0.490 e. The molecule has 2 saturated carbocycles. The third-order valence-corrected chi connectivity index (χ3v) is 7.76. The predicted octanol–water partition coefficient (Wildman–Crippen LogP) is 4.31. The minimum Gasteiger partial charge on any atom is -0.490 e. The molecule has 0 heterocycles. The van der Waals surface area contributed by atoms with E-state index in [0.717, 1.165) is 43.7 Å². The van der Waals surface area contributed by atoms with E-state index in [-0.39, 0.29) is 11.3 Å². The Hall–Kier alpha value is -1.27. The maximum Gasteiger partial charge on any atom is 0.214 e. The minimum atomic E-state index is -3.16. The van der Waals surface area contributed by atoms with Crippen molar-refractivity contribution < 1.29 is 13.2 Å². The first-order valence-electron chi connectivity index (χ1n) is 10.4. The van der Waals surface area contributed by atoms with E-state index in [2.05, 4.69) is 34.3 Å². The lowest BCUT2D eigenvalue weighted by molar-refractivity contribution is 0.210. The van der Waals surface area contributed by atoms with Gasteiger partial charge in [-0.1, -0.05) is 0 Å². The molecule has 0 unspecified atom stereocenters. The number of rotatable bonds is 8. The molecule has 27 heavy (non-hydrogen) atoms. The molecule has 0 aromatic heterocycles. The van der Waals surface area contributed by atoms with Gasteiger partial charge in [-0.25, -0.2) is 13.1 Å². The summed E-state index contributed by atoms with van der Waals surface area (Å²) in [6.07, 6.45) is 9.27. The Labute approximate surface area is 164 Å². The van der Waals surface area contributed by atoms with Crippen LogP contribution in [0.3, 0.4) is 0 Å². The van der Waals surface area contributed by atoms with E-state index in [0.29, 0.717) is 12.0 Å². The van der Waals surface area contributed by atoms with Crippen LogP contribution in [0.5, 0.6) is 5.75 Å². The smallest absolute Gasteiger partial charge is 0.214 e. The lowest BCUT2D eigenvalue weighted by Gasteiger charge is -2.29. The van der Waals surface area contributed by atoms with Crippen molar-refractivity contribution in [3.63, 3.8) is 0 Å². The molecular formula is C21H34N2O3S. The Morgan fingerprint density at radius 2 is 1.63 bits per heavy atom. The van der Waals surface area contributed by atoms with Crippen LogP contribution in [0.4, 0.5) is 5.69 Å². The van der Waals surface area contributed by atoms with Crippen molar-refractivity contribution in [2.45, 2.75) is 82.6 Å². The predicted molar refractivity (Wildman–Crippen MR) is 111 cm³/mol.